The lowest BCUT2D eigenvalue weighted by Gasteiger charge is -2.09. The van der Waals surface area contributed by atoms with E-state index in [2.05, 4.69) is 9.97 Å². The summed E-state index contributed by atoms with van der Waals surface area (Å²) in [5.41, 5.74) is -0.167. The van der Waals surface area contributed by atoms with Gasteiger partial charge in [-0.2, -0.15) is 4.98 Å². The summed E-state index contributed by atoms with van der Waals surface area (Å²) >= 11 is 0. The quantitative estimate of drug-likeness (QED) is 0.723. The van der Waals surface area contributed by atoms with Gasteiger partial charge >= 0.3 is 11.7 Å². The number of carboxylic acids is 1. The Balaban J connectivity index is 3.11. The van der Waals surface area contributed by atoms with Crippen molar-refractivity contribution in [3.8, 4) is 11.8 Å². The van der Waals surface area contributed by atoms with E-state index in [1.165, 1.54) is 14.2 Å². The van der Waals surface area contributed by atoms with E-state index >= 15 is 0 Å². The maximum Gasteiger partial charge on any atom is 0.351 e. The number of aromatic nitrogens is 2. The summed E-state index contributed by atoms with van der Waals surface area (Å²) < 4.78 is 9.83. The van der Waals surface area contributed by atoms with Crippen LogP contribution in [0.3, 0.4) is 0 Å². The lowest BCUT2D eigenvalue weighted by Crippen LogP contribution is -2.15. The van der Waals surface area contributed by atoms with E-state index in [1.807, 2.05) is 0 Å². The van der Waals surface area contributed by atoms with Gasteiger partial charge < -0.3 is 14.6 Å². The molecule has 1 rings (SSSR count). The van der Waals surface area contributed by atoms with Gasteiger partial charge in [-0.1, -0.05) is 0 Å². The molecular weight excluding hydrogens is 216 g/mol. The summed E-state index contributed by atoms with van der Waals surface area (Å²) in [6.07, 6.45) is 0.0753. The van der Waals surface area contributed by atoms with Crippen LogP contribution < -0.4 is 15.2 Å². The van der Waals surface area contributed by atoms with E-state index < -0.39 is 11.7 Å². The largest absolute Gasteiger partial charge is 0.482 e. The molecule has 0 spiro atoms. The second-order valence-electron chi connectivity index (χ2n) is 2.96. The summed E-state index contributed by atoms with van der Waals surface area (Å²) in [6.45, 7) is 0. The minimum Gasteiger partial charge on any atom is -0.482 e. The van der Waals surface area contributed by atoms with E-state index in [0.717, 1.165) is 0 Å². The molecule has 0 amide bonds. The van der Waals surface area contributed by atoms with E-state index in [1.54, 1.807) is 0 Å². The summed E-state index contributed by atoms with van der Waals surface area (Å²) in [6, 6.07) is 0. The number of hydrogen-bond acceptors (Lipinski definition) is 5. The predicted octanol–water partition coefficient (Wildman–Crippen LogP) is -0.196. The number of aromatic amines is 1. The van der Waals surface area contributed by atoms with Crippen molar-refractivity contribution in [3.63, 3.8) is 0 Å². The van der Waals surface area contributed by atoms with Crippen LogP contribution in [-0.4, -0.2) is 35.3 Å². The van der Waals surface area contributed by atoms with Gasteiger partial charge in [-0.3, -0.25) is 9.78 Å². The summed E-state index contributed by atoms with van der Waals surface area (Å²) in [4.78, 5) is 27.5. The fourth-order valence-corrected chi connectivity index (χ4v) is 1.25. The van der Waals surface area contributed by atoms with Crippen molar-refractivity contribution in [2.24, 2.45) is 0 Å². The molecule has 16 heavy (non-hydrogen) atoms. The highest BCUT2D eigenvalue weighted by Gasteiger charge is 2.14. The first-order valence-electron chi connectivity index (χ1n) is 4.51. The number of nitrogens with one attached hydrogen (secondary N) is 1. The molecular formula is C9H12N2O5. The number of ether oxygens (including phenoxy) is 2. The molecule has 0 fully saturated rings. The fraction of sp³-hybridized carbons (Fsp3) is 0.444. The van der Waals surface area contributed by atoms with Crippen molar-refractivity contribution in [1.29, 1.82) is 0 Å². The third-order valence-corrected chi connectivity index (χ3v) is 1.94. The Morgan fingerprint density at radius 1 is 1.44 bits per heavy atom. The average Bonchev–Trinajstić information content (AvgIpc) is 2.25. The topological polar surface area (TPSA) is 102 Å². The molecule has 2 N–H and O–H groups in total. The van der Waals surface area contributed by atoms with E-state index in [0.29, 0.717) is 5.56 Å². The number of nitrogens with zero attached hydrogens (tertiary/aromatic N) is 1. The van der Waals surface area contributed by atoms with Crippen LogP contribution >= 0.6 is 0 Å². The molecule has 0 saturated heterocycles. The number of carboxylic acid groups (broad SMARTS) is 1. The first kappa shape index (κ1) is 12.0. The smallest absolute Gasteiger partial charge is 0.351 e. The van der Waals surface area contributed by atoms with Gasteiger partial charge in [0, 0.05) is 6.42 Å². The third-order valence-electron chi connectivity index (χ3n) is 1.94. The molecule has 0 unspecified atom stereocenters. The molecule has 0 bridgehead atoms. The van der Waals surface area contributed by atoms with E-state index in [-0.39, 0.29) is 24.6 Å². The van der Waals surface area contributed by atoms with Crippen LogP contribution in [0.2, 0.25) is 0 Å². The Morgan fingerprint density at radius 2 is 2.12 bits per heavy atom. The average molecular weight is 228 g/mol. The third kappa shape index (κ3) is 2.72. The first-order chi connectivity index (χ1) is 7.58. The van der Waals surface area contributed by atoms with Gasteiger partial charge in [0.2, 0.25) is 11.8 Å². The monoisotopic (exact) mass is 228 g/mol. The molecule has 88 valence electrons. The molecule has 7 heteroatoms. The van der Waals surface area contributed by atoms with Crippen LogP contribution in [0.1, 0.15) is 12.0 Å². The molecule has 0 radical (unpaired) electrons. The van der Waals surface area contributed by atoms with Gasteiger partial charge in [0.05, 0.1) is 19.8 Å². The summed E-state index contributed by atoms with van der Waals surface area (Å²) in [5.74, 6) is -0.685. The first-order valence-corrected chi connectivity index (χ1v) is 4.51. The number of rotatable bonds is 5. The Morgan fingerprint density at radius 3 is 2.62 bits per heavy atom. The SMILES string of the molecule is COc1nc(=O)[nH]c(OC)c1CCC(=O)O. The van der Waals surface area contributed by atoms with Crippen LogP contribution in [0.25, 0.3) is 0 Å². The Hall–Kier alpha value is -2.05. The number of methoxy groups -OCH3 is 2. The zero-order valence-corrected chi connectivity index (χ0v) is 8.94. The number of H-pyrrole nitrogens is 1. The molecule has 0 aliphatic heterocycles. The van der Waals surface area contributed by atoms with Crippen molar-refractivity contribution < 1.29 is 19.4 Å². The number of aliphatic carboxylic acids is 1. The highest BCUT2D eigenvalue weighted by molar-refractivity contribution is 5.67. The second-order valence-corrected chi connectivity index (χ2v) is 2.96. The molecule has 1 aromatic heterocycles. The van der Waals surface area contributed by atoms with E-state index in [9.17, 15) is 9.59 Å². The van der Waals surface area contributed by atoms with Crippen LogP contribution in [0.15, 0.2) is 4.79 Å². The molecule has 0 saturated carbocycles. The lowest BCUT2D eigenvalue weighted by atomic mass is 10.2. The van der Waals surface area contributed by atoms with Gasteiger partial charge in [0.15, 0.2) is 0 Å². The molecule has 1 heterocycles. The number of carbonyl (C=O) groups is 1. The predicted molar refractivity (Wildman–Crippen MR) is 53.9 cm³/mol. The Bertz CT molecular complexity index is 412. The second kappa shape index (κ2) is 5.15. The molecule has 1 aromatic rings. The molecule has 0 aromatic carbocycles. The normalized spacial score (nSPS) is 9.88. The minimum atomic E-state index is -0.949. The molecule has 7 nitrogen and oxygen atoms in total. The lowest BCUT2D eigenvalue weighted by molar-refractivity contribution is -0.136. The van der Waals surface area contributed by atoms with Crippen molar-refractivity contribution in [2.75, 3.05) is 14.2 Å². The van der Waals surface area contributed by atoms with Crippen molar-refractivity contribution in [1.82, 2.24) is 9.97 Å². The van der Waals surface area contributed by atoms with Crippen LogP contribution in [-0.2, 0) is 11.2 Å². The maximum atomic E-state index is 11.1. The van der Waals surface area contributed by atoms with Crippen LogP contribution in [0, 0.1) is 0 Å². The zero-order valence-electron chi connectivity index (χ0n) is 8.94. The Labute approximate surface area is 91.0 Å². The fourth-order valence-electron chi connectivity index (χ4n) is 1.25. The van der Waals surface area contributed by atoms with Crippen LogP contribution in [0.5, 0.6) is 11.8 Å². The van der Waals surface area contributed by atoms with Gasteiger partial charge in [-0.05, 0) is 6.42 Å². The Kier molecular flexibility index (Phi) is 3.87. The maximum absolute atomic E-state index is 11.1. The molecule has 0 aliphatic carbocycles. The van der Waals surface area contributed by atoms with Gasteiger partial charge in [-0.25, -0.2) is 4.79 Å². The van der Waals surface area contributed by atoms with Crippen molar-refractivity contribution in [2.45, 2.75) is 12.8 Å². The van der Waals surface area contributed by atoms with Crippen molar-refractivity contribution in [3.05, 3.63) is 16.0 Å². The van der Waals surface area contributed by atoms with Crippen molar-refractivity contribution >= 4 is 5.97 Å². The van der Waals surface area contributed by atoms with Gasteiger partial charge in [0.1, 0.15) is 0 Å². The number of hydrogen-bond donors (Lipinski definition) is 2. The summed E-state index contributed by atoms with van der Waals surface area (Å²) in [7, 11) is 2.72. The minimum absolute atomic E-state index is 0.0850. The highest BCUT2D eigenvalue weighted by Crippen LogP contribution is 2.23. The molecule has 0 aliphatic rings. The van der Waals surface area contributed by atoms with Gasteiger partial charge in [0.25, 0.3) is 0 Å². The van der Waals surface area contributed by atoms with Gasteiger partial charge in [-0.15, -0.1) is 0 Å². The van der Waals surface area contributed by atoms with Crippen LogP contribution in [0.4, 0.5) is 0 Å². The standard InChI is InChI=1S/C9H12N2O5/c1-15-7-5(3-4-6(12)13)8(16-2)11-9(14)10-7/h3-4H2,1-2H3,(H,12,13)(H,10,11,14). The zero-order chi connectivity index (χ0) is 12.1. The summed E-state index contributed by atoms with van der Waals surface area (Å²) in [5, 5.41) is 8.58. The highest BCUT2D eigenvalue weighted by atomic mass is 16.5. The van der Waals surface area contributed by atoms with E-state index in [4.69, 9.17) is 14.6 Å². The molecule has 0 atom stereocenters.